The van der Waals surface area contributed by atoms with Crippen LogP contribution in [0.2, 0.25) is 0 Å². The Hall–Kier alpha value is 0.220. The molecule has 70 valence electrons. The van der Waals surface area contributed by atoms with Crippen LogP contribution in [0.25, 0.3) is 0 Å². The topological polar surface area (TPSA) is 26.3 Å². The van der Waals surface area contributed by atoms with Gasteiger partial charge in [0, 0.05) is 12.3 Å². The zero-order valence-electron chi connectivity index (χ0n) is 7.37. The first kappa shape index (κ1) is 10.3. The number of hydrogen-bond acceptors (Lipinski definition) is 2. The van der Waals surface area contributed by atoms with Gasteiger partial charge in [-0.1, -0.05) is 12.2 Å². The fraction of sp³-hybridized carbons (Fsp3) is 0.750. The molecule has 1 aliphatic heterocycles. The molecule has 2 atom stereocenters. The molecule has 4 heteroatoms. The molecule has 0 aromatic heterocycles. The van der Waals surface area contributed by atoms with Crippen molar-refractivity contribution in [2.45, 2.75) is 25.3 Å². The van der Waals surface area contributed by atoms with Crippen LogP contribution in [0.5, 0.6) is 0 Å². The number of halogens is 1. The summed E-state index contributed by atoms with van der Waals surface area (Å²) in [7, 11) is -2.38. The van der Waals surface area contributed by atoms with Gasteiger partial charge in [-0.3, -0.25) is 4.57 Å². The van der Waals surface area contributed by atoms with Gasteiger partial charge in [0.15, 0.2) is 0 Å². The van der Waals surface area contributed by atoms with E-state index in [1.165, 1.54) is 0 Å². The summed E-state index contributed by atoms with van der Waals surface area (Å²) < 4.78 is 17.2. The second kappa shape index (κ2) is 3.95. The van der Waals surface area contributed by atoms with Gasteiger partial charge in [0.2, 0.25) is 7.37 Å². The van der Waals surface area contributed by atoms with Crippen LogP contribution in [0, 0.1) is 0 Å². The fourth-order valence-corrected chi connectivity index (χ4v) is 3.19. The van der Waals surface area contributed by atoms with Gasteiger partial charge < -0.3 is 4.52 Å². The maximum atomic E-state index is 11.8. The third-order valence-corrected chi connectivity index (χ3v) is 4.54. The molecule has 2 nitrogen and oxygen atoms in total. The molecule has 1 heterocycles. The van der Waals surface area contributed by atoms with Crippen LogP contribution < -0.4 is 0 Å². The molecule has 2 unspecified atom stereocenters. The summed E-state index contributed by atoms with van der Waals surface area (Å²) in [5.74, 6) is 0. The third-order valence-electron chi connectivity index (χ3n) is 1.94. The summed E-state index contributed by atoms with van der Waals surface area (Å²) in [6.07, 6.45) is 4.83. The van der Waals surface area contributed by atoms with E-state index in [2.05, 4.69) is 0 Å². The van der Waals surface area contributed by atoms with Gasteiger partial charge in [0.25, 0.3) is 0 Å². The number of hydrogen-bond donors (Lipinski definition) is 0. The molecule has 1 aliphatic rings. The highest BCUT2D eigenvalue weighted by Crippen LogP contribution is 2.51. The number of alkyl halides is 1. The predicted molar refractivity (Wildman–Crippen MR) is 52.3 cm³/mol. The second-order valence-electron chi connectivity index (χ2n) is 3.14. The number of allylic oxidation sites excluding steroid dienone is 2. The standard InChI is InChI=1S/C8H14ClO2P/c1-7(9)8(2)11-12(10)5-3-4-6-12/h3-4,7-8H,5-6H2,1-2H3. The monoisotopic (exact) mass is 208 g/mol. The van der Waals surface area contributed by atoms with Gasteiger partial charge in [-0.05, 0) is 13.8 Å². The molecule has 0 N–H and O–H groups in total. The smallest absolute Gasteiger partial charge is 0.210 e. The van der Waals surface area contributed by atoms with Crippen molar-refractivity contribution in [3.05, 3.63) is 12.2 Å². The van der Waals surface area contributed by atoms with Crippen molar-refractivity contribution >= 4 is 19.0 Å². The van der Waals surface area contributed by atoms with Crippen molar-refractivity contribution < 1.29 is 9.09 Å². The van der Waals surface area contributed by atoms with E-state index in [-0.39, 0.29) is 11.5 Å². The minimum absolute atomic E-state index is 0.0866. The van der Waals surface area contributed by atoms with E-state index in [0.717, 1.165) is 0 Å². The van der Waals surface area contributed by atoms with Gasteiger partial charge in [-0.25, -0.2) is 0 Å². The molecule has 12 heavy (non-hydrogen) atoms. The third kappa shape index (κ3) is 2.62. The van der Waals surface area contributed by atoms with Crippen molar-refractivity contribution in [3.63, 3.8) is 0 Å². The first-order valence-electron chi connectivity index (χ1n) is 4.09. The highest BCUT2D eigenvalue weighted by molar-refractivity contribution is 7.59. The fourth-order valence-electron chi connectivity index (χ4n) is 1.02. The van der Waals surface area contributed by atoms with Gasteiger partial charge in [0.1, 0.15) is 0 Å². The Labute approximate surface area is 78.4 Å². The summed E-state index contributed by atoms with van der Waals surface area (Å²) in [6, 6.07) is 0. The lowest BCUT2D eigenvalue weighted by atomic mass is 10.3. The first-order chi connectivity index (χ1) is 5.53. The quantitative estimate of drug-likeness (QED) is 0.405. The van der Waals surface area contributed by atoms with E-state index in [1.54, 1.807) is 0 Å². The lowest BCUT2D eigenvalue weighted by Gasteiger charge is -2.20. The van der Waals surface area contributed by atoms with E-state index < -0.39 is 7.37 Å². The highest BCUT2D eigenvalue weighted by Gasteiger charge is 2.27. The van der Waals surface area contributed by atoms with Crippen molar-refractivity contribution in [3.8, 4) is 0 Å². The Morgan fingerprint density at radius 2 is 1.92 bits per heavy atom. The Morgan fingerprint density at radius 3 is 2.33 bits per heavy atom. The molecule has 1 rings (SSSR count). The van der Waals surface area contributed by atoms with Crippen molar-refractivity contribution in [2.24, 2.45) is 0 Å². The van der Waals surface area contributed by atoms with E-state index in [1.807, 2.05) is 26.0 Å². The van der Waals surface area contributed by atoms with Gasteiger partial charge in [-0.15, -0.1) is 11.6 Å². The lowest BCUT2D eigenvalue weighted by molar-refractivity contribution is 0.225. The number of rotatable bonds is 3. The minimum Gasteiger partial charge on any atom is -0.323 e. The largest absolute Gasteiger partial charge is 0.323 e. The van der Waals surface area contributed by atoms with Crippen LogP contribution in [0.4, 0.5) is 0 Å². The van der Waals surface area contributed by atoms with Crippen LogP contribution in [0.1, 0.15) is 13.8 Å². The molecule has 0 bridgehead atoms. The summed E-state index contributed by atoms with van der Waals surface area (Å²) in [6.45, 7) is 3.71. The van der Waals surface area contributed by atoms with Gasteiger partial charge >= 0.3 is 0 Å². The average molecular weight is 209 g/mol. The molecule has 0 spiro atoms. The Kier molecular flexibility index (Phi) is 3.39. The molecule has 0 saturated carbocycles. The van der Waals surface area contributed by atoms with Crippen LogP contribution in [0.15, 0.2) is 12.2 Å². The second-order valence-corrected chi connectivity index (χ2v) is 6.40. The van der Waals surface area contributed by atoms with Crippen molar-refractivity contribution in [1.29, 1.82) is 0 Å². The van der Waals surface area contributed by atoms with Crippen LogP contribution in [-0.2, 0) is 9.09 Å². The van der Waals surface area contributed by atoms with Crippen LogP contribution >= 0.6 is 19.0 Å². The molecule has 0 radical (unpaired) electrons. The molecule has 0 aromatic carbocycles. The predicted octanol–water partition coefficient (Wildman–Crippen LogP) is 2.87. The molecular formula is C8H14ClO2P. The van der Waals surface area contributed by atoms with E-state index >= 15 is 0 Å². The van der Waals surface area contributed by atoms with E-state index in [9.17, 15) is 4.57 Å². The summed E-state index contributed by atoms with van der Waals surface area (Å²) >= 11 is 5.80. The molecule has 0 amide bonds. The Balaban J connectivity index is 2.45. The minimum atomic E-state index is -2.38. The average Bonchev–Trinajstić information content (AvgIpc) is 2.35. The van der Waals surface area contributed by atoms with E-state index in [0.29, 0.717) is 12.3 Å². The molecule has 0 saturated heterocycles. The molecule has 0 aromatic rings. The maximum absolute atomic E-state index is 11.8. The highest BCUT2D eigenvalue weighted by atomic mass is 35.5. The first-order valence-corrected chi connectivity index (χ1v) is 6.52. The van der Waals surface area contributed by atoms with Crippen molar-refractivity contribution in [1.82, 2.24) is 0 Å². The van der Waals surface area contributed by atoms with Gasteiger partial charge in [0.05, 0.1) is 11.5 Å². The van der Waals surface area contributed by atoms with E-state index in [4.69, 9.17) is 16.1 Å². The molecular weight excluding hydrogens is 195 g/mol. The lowest BCUT2D eigenvalue weighted by Crippen LogP contribution is -2.17. The molecule has 0 aliphatic carbocycles. The molecule has 0 fully saturated rings. The van der Waals surface area contributed by atoms with Crippen molar-refractivity contribution in [2.75, 3.05) is 12.3 Å². The summed E-state index contributed by atoms with van der Waals surface area (Å²) in [4.78, 5) is 0. The zero-order chi connectivity index (χ0) is 9.19. The van der Waals surface area contributed by atoms with Crippen LogP contribution in [0.3, 0.4) is 0 Å². The normalized spacial score (nSPS) is 25.6. The Bertz CT molecular complexity index is 213. The summed E-state index contributed by atoms with van der Waals surface area (Å²) in [5.41, 5.74) is 0. The SMILES string of the molecule is CC(Cl)C(C)OP1(=O)CC=CC1. The Morgan fingerprint density at radius 1 is 1.42 bits per heavy atom. The maximum Gasteiger partial charge on any atom is 0.210 e. The summed E-state index contributed by atoms with van der Waals surface area (Å²) in [5, 5.41) is -0.0866. The van der Waals surface area contributed by atoms with Gasteiger partial charge in [-0.2, -0.15) is 0 Å². The van der Waals surface area contributed by atoms with Crippen LogP contribution in [-0.4, -0.2) is 23.8 Å². The zero-order valence-corrected chi connectivity index (χ0v) is 9.02.